The number of nitro groups is 1. The fraction of sp³-hybridized carbons (Fsp3) is 0.160. The second kappa shape index (κ2) is 9.96. The number of hydrogen-bond acceptors (Lipinski definition) is 6. The molecule has 3 aromatic carbocycles. The standard InChI is InChI=1S/C25H21BrN4O4/c1-16(2)24-28-23-10-9-19(26)13-22(23)25(31)29(24)27-14-17-5-4-8-21(12-17)34-15-18-6-3-7-20(11-18)30(32)33/h3-14,16H,15H2,1-2H3. The minimum atomic E-state index is -0.436. The van der Waals surface area contributed by atoms with Crippen molar-refractivity contribution in [1.82, 2.24) is 9.66 Å². The molecule has 0 radical (unpaired) electrons. The number of aromatic nitrogens is 2. The number of ether oxygens (including phenoxy) is 1. The van der Waals surface area contributed by atoms with Gasteiger partial charge >= 0.3 is 0 Å². The van der Waals surface area contributed by atoms with Gasteiger partial charge in [-0.3, -0.25) is 14.9 Å². The van der Waals surface area contributed by atoms with E-state index in [9.17, 15) is 14.9 Å². The quantitative estimate of drug-likeness (QED) is 0.178. The van der Waals surface area contributed by atoms with Crippen LogP contribution in [0.15, 0.2) is 81.1 Å². The van der Waals surface area contributed by atoms with Crippen LogP contribution in [0.3, 0.4) is 0 Å². The summed E-state index contributed by atoms with van der Waals surface area (Å²) in [5.74, 6) is 1.13. The van der Waals surface area contributed by atoms with Crippen molar-refractivity contribution in [2.75, 3.05) is 0 Å². The molecule has 0 saturated carbocycles. The molecule has 0 N–H and O–H groups in total. The van der Waals surface area contributed by atoms with Gasteiger partial charge in [0.2, 0.25) is 0 Å². The van der Waals surface area contributed by atoms with Crippen LogP contribution in [0.1, 0.15) is 36.7 Å². The van der Waals surface area contributed by atoms with Gasteiger partial charge in [0.1, 0.15) is 18.2 Å². The molecule has 0 aliphatic heterocycles. The van der Waals surface area contributed by atoms with Crippen molar-refractivity contribution >= 4 is 38.7 Å². The van der Waals surface area contributed by atoms with Gasteiger partial charge in [0.25, 0.3) is 11.2 Å². The third-order valence-electron chi connectivity index (χ3n) is 5.06. The Morgan fingerprint density at radius 3 is 2.71 bits per heavy atom. The molecule has 0 amide bonds. The number of rotatable bonds is 7. The first kappa shape index (κ1) is 23.3. The van der Waals surface area contributed by atoms with E-state index in [4.69, 9.17) is 4.74 Å². The number of nitrogens with zero attached hydrogens (tertiary/aromatic N) is 4. The van der Waals surface area contributed by atoms with Crippen LogP contribution in [0.25, 0.3) is 10.9 Å². The Morgan fingerprint density at radius 1 is 1.15 bits per heavy atom. The summed E-state index contributed by atoms with van der Waals surface area (Å²) in [7, 11) is 0. The zero-order chi connectivity index (χ0) is 24.2. The highest BCUT2D eigenvalue weighted by atomic mass is 79.9. The van der Waals surface area contributed by atoms with Crippen LogP contribution in [0.4, 0.5) is 5.69 Å². The molecule has 4 aromatic rings. The van der Waals surface area contributed by atoms with Crippen LogP contribution < -0.4 is 10.3 Å². The minimum Gasteiger partial charge on any atom is -0.489 e. The summed E-state index contributed by atoms with van der Waals surface area (Å²) in [5, 5.41) is 15.9. The van der Waals surface area contributed by atoms with Crippen molar-refractivity contribution in [2.24, 2.45) is 5.10 Å². The maximum Gasteiger partial charge on any atom is 0.282 e. The number of nitro benzene ring substituents is 1. The van der Waals surface area contributed by atoms with Crippen LogP contribution in [0.5, 0.6) is 5.75 Å². The Balaban J connectivity index is 1.60. The van der Waals surface area contributed by atoms with Crippen molar-refractivity contribution in [1.29, 1.82) is 0 Å². The van der Waals surface area contributed by atoms with E-state index < -0.39 is 4.92 Å². The average molecular weight is 521 g/mol. The van der Waals surface area contributed by atoms with Crippen molar-refractivity contribution in [3.05, 3.63) is 109 Å². The van der Waals surface area contributed by atoms with Crippen molar-refractivity contribution in [2.45, 2.75) is 26.4 Å². The van der Waals surface area contributed by atoms with Gasteiger partial charge in [-0.15, -0.1) is 0 Å². The fourth-order valence-electron chi connectivity index (χ4n) is 3.39. The molecule has 1 aromatic heterocycles. The highest BCUT2D eigenvalue weighted by Gasteiger charge is 2.14. The van der Waals surface area contributed by atoms with E-state index in [1.165, 1.54) is 16.8 Å². The lowest BCUT2D eigenvalue weighted by atomic mass is 10.2. The Morgan fingerprint density at radius 2 is 1.94 bits per heavy atom. The average Bonchev–Trinajstić information content (AvgIpc) is 2.82. The molecule has 1 heterocycles. The minimum absolute atomic E-state index is 0.0116. The SMILES string of the molecule is CC(C)c1nc2ccc(Br)cc2c(=O)n1N=Cc1cccc(OCc2cccc([N+](=O)[O-])c2)c1. The molecule has 0 saturated heterocycles. The molecule has 34 heavy (non-hydrogen) atoms. The molecule has 0 aliphatic rings. The van der Waals surface area contributed by atoms with Crippen molar-refractivity contribution < 1.29 is 9.66 Å². The Hall–Kier alpha value is -3.85. The molecular formula is C25H21BrN4O4. The molecule has 0 fully saturated rings. The fourth-order valence-corrected chi connectivity index (χ4v) is 3.75. The van der Waals surface area contributed by atoms with Crippen LogP contribution in [-0.2, 0) is 6.61 Å². The predicted octanol–water partition coefficient (Wildman–Crippen LogP) is 5.65. The van der Waals surface area contributed by atoms with E-state index in [2.05, 4.69) is 26.0 Å². The summed E-state index contributed by atoms with van der Waals surface area (Å²) >= 11 is 3.40. The van der Waals surface area contributed by atoms with Crippen LogP contribution in [0.2, 0.25) is 0 Å². The van der Waals surface area contributed by atoms with Gasteiger partial charge in [-0.05, 0) is 41.5 Å². The third kappa shape index (κ3) is 5.20. The molecule has 0 atom stereocenters. The zero-order valence-electron chi connectivity index (χ0n) is 18.5. The Labute approximate surface area is 203 Å². The summed E-state index contributed by atoms with van der Waals surface area (Å²) in [5.41, 5.74) is 1.82. The summed E-state index contributed by atoms with van der Waals surface area (Å²) in [6.45, 7) is 4.10. The van der Waals surface area contributed by atoms with E-state index in [0.29, 0.717) is 28.0 Å². The smallest absolute Gasteiger partial charge is 0.282 e. The maximum absolute atomic E-state index is 13.1. The summed E-state index contributed by atoms with van der Waals surface area (Å²) < 4.78 is 7.93. The highest BCUT2D eigenvalue weighted by molar-refractivity contribution is 9.10. The van der Waals surface area contributed by atoms with E-state index in [1.54, 1.807) is 36.5 Å². The van der Waals surface area contributed by atoms with Gasteiger partial charge in [0, 0.05) is 22.5 Å². The zero-order valence-corrected chi connectivity index (χ0v) is 20.1. The topological polar surface area (TPSA) is 99.6 Å². The lowest BCUT2D eigenvalue weighted by molar-refractivity contribution is -0.384. The highest BCUT2D eigenvalue weighted by Crippen LogP contribution is 2.20. The van der Waals surface area contributed by atoms with E-state index in [1.807, 2.05) is 38.1 Å². The summed E-state index contributed by atoms with van der Waals surface area (Å²) in [6.07, 6.45) is 1.58. The van der Waals surface area contributed by atoms with Gasteiger partial charge < -0.3 is 4.74 Å². The van der Waals surface area contributed by atoms with Crippen LogP contribution in [0, 0.1) is 10.1 Å². The molecule has 0 spiro atoms. The first-order valence-electron chi connectivity index (χ1n) is 10.5. The summed E-state index contributed by atoms with van der Waals surface area (Å²) in [4.78, 5) is 28.3. The van der Waals surface area contributed by atoms with Crippen molar-refractivity contribution in [3.8, 4) is 5.75 Å². The van der Waals surface area contributed by atoms with E-state index in [-0.39, 0.29) is 23.8 Å². The maximum atomic E-state index is 13.1. The van der Waals surface area contributed by atoms with Crippen LogP contribution >= 0.6 is 15.9 Å². The lowest BCUT2D eigenvalue weighted by Gasteiger charge is -2.12. The van der Waals surface area contributed by atoms with Crippen molar-refractivity contribution in [3.63, 3.8) is 0 Å². The number of benzene rings is 3. The second-order valence-electron chi connectivity index (χ2n) is 7.94. The first-order valence-corrected chi connectivity index (χ1v) is 11.3. The Bertz CT molecular complexity index is 1460. The van der Waals surface area contributed by atoms with Crippen LogP contribution in [-0.4, -0.2) is 20.8 Å². The number of non-ortho nitro benzene ring substituents is 1. The second-order valence-corrected chi connectivity index (χ2v) is 8.85. The Kier molecular flexibility index (Phi) is 6.83. The molecule has 172 valence electrons. The molecule has 4 rings (SSSR count). The molecular weight excluding hydrogens is 500 g/mol. The number of halogens is 1. The normalized spacial score (nSPS) is 11.4. The largest absolute Gasteiger partial charge is 0.489 e. The lowest BCUT2D eigenvalue weighted by Crippen LogP contribution is -2.23. The van der Waals surface area contributed by atoms with Gasteiger partial charge in [-0.25, -0.2) is 4.98 Å². The van der Waals surface area contributed by atoms with Gasteiger partial charge in [-0.1, -0.05) is 54.0 Å². The number of fused-ring (bicyclic) bond motifs is 1. The van der Waals surface area contributed by atoms with E-state index in [0.717, 1.165) is 10.0 Å². The predicted molar refractivity (Wildman–Crippen MR) is 135 cm³/mol. The monoisotopic (exact) mass is 520 g/mol. The molecule has 9 heteroatoms. The number of hydrogen-bond donors (Lipinski definition) is 0. The third-order valence-corrected chi connectivity index (χ3v) is 5.55. The van der Waals surface area contributed by atoms with E-state index >= 15 is 0 Å². The van der Waals surface area contributed by atoms with Gasteiger partial charge in [-0.2, -0.15) is 9.78 Å². The summed E-state index contributed by atoms with van der Waals surface area (Å²) in [6, 6.07) is 18.9. The first-order chi connectivity index (χ1) is 16.3. The molecule has 8 nitrogen and oxygen atoms in total. The van der Waals surface area contributed by atoms with Gasteiger partial charge in [0.05, 0.1) is 22.0 Å². The molecule has 0 unspecified atom stereocenters. The van der Waals surface area contributed by atoms with Gasteiger partial charge in [0.15, 0.2) is 0 Å². The molecule has 0 bridgehead atoms. The molecule has 0 aliphatic carbocycles.